The Kier molecular flexibility index (Phi) is 4.34. The average Bonchev–Trinajstić information content (AvgIpc) is 2.44. The van der Waals surface area contributed by atoms with Crippen LogP contribution in [0.3, 0.4) is 0 Å². The molecule has 0 unspecified atom stereocenters. The highest BCUT2D eigenvalue weighted by atomic mass is 16.5. The molecule has 1 aromatic heterocycles. The van der Waals surface area contributed by atoms with E-state index in [1.54, 1.807) is 30.5 Å². The third kappa shape index (κ3) is 3.99. The first-order valence-corrected chi connectivity index (χ1v) is 5.92. The summed E-state index contributed by atoms with van der Waals surface area (Å²) in [7, 11) is 0. The molecule has 0 saturated carbocycles. The van der Waals surface area contributed by atoms with Crippen LogP contribution in [0.5, 0.6) is 5.75 Å². The molecule has 0 bridgehead atoms. The third-order valence-electron chi connectivity index (χ3n) is 2.44. The zero-order valence-corrected chi connectivity index (χ0v) is 10.4. The molecule has 3 N–H and O–H groups in total. The number of nitrogens with two attached hydrogens (primary N) is 1. The average molecular weight is 257 g/mol. The molecule has 2 rings (SSSR count). The van der Waals surface area contributed by atoms with E-state index >= 15 is 0 Å². The quantitative estimate of drug-likeness (QED) is 0.628. The smallest absolute Gasteiger partial charge is 0.252 e. The van der Waals surface area contributed by atoms with E-state index in [2.05, 4.69) is 10.3 Å². The van der Waals surface area contributed by atoms with E-state index in [4.69, 9.17) is 10.5 Å². The number of hydrogen-bond acceptors (Lipinski definition) is 4. The first-order valence-electron chi connectivity index (χ1n) is 5.92. The lowest BCUT2D eigenvalue weighted by Gasteiger charge is -2.08. The number of nitrogen functional groups attached to an aromatic ring is 1. The number of hydrogen-bond donors (Lipinski definition) is 2. The fourth-order valence-corrected chi connectivity index (χ4v) is 1.54. The highest BCUT2D eigenvalue weighted by Crippen LogP contribution is 2.13. The number of rotatable bonds is 5. The number of pyridine rings is 1. The van der Waals surface area contributed by atoms with E-state index in [1.165, 1.54) is 6.20 Å². The van der Waals surface area contributed by atoms with Crippen molar-refractivity contribution in [3.05, 3.63) is 54.4 Å². The summed E-state index contributed by atoms with van der Waals surface area (Å²) in [6.45, 7) is 0.804. The molecule has 0 aliphatic carbocycles. The summed E-state index contributed by atoms with van der Waals surface area (Å²) in [5, 5.41) is 2.75. The van der Waals surface area contributed by atoms with Gasteiger partial charge in [-0.05, 0) is 24.3 Å². The Morgan fingerprint density at radius 1 is 1.32 bits per heavy atom. The molecule has 0 radical (unpaired) electrons. The predicted molar refractivity (Wildman–Crippen MR) is 72.9 cm³/mol. The highest BCUT2D eigenvalue weighted by Gasteiger charge is 2.03. The van der Waals surface area contributed by atoms with E-state index in [0.717, 1.165) is 0 Å². The molecule has 5 heteroatoms. The van der Waals surface area contributed by atoms with E-state index in [9.17, 15) is 4.79 Å². The van der Waals surface area contributed by atoms with E-state index in [0.29, 0.717) is 30.2 Å². The van der Waals surface area contributed by atoms with E-state index in [-0.39, 0.29) is 5.91 Å². The van der Waals surface area contributed by atoms with Gasteiger partial charge in [-0.25, -0.2) is 0 Å². The molecule has 0 atom stereocenters. The van der Waals surface area contributed by atoms with Crippen molar-refractivity contribution in [1.29, 1.82) is 0 Å². The maximum Gasteiger partial charge on any atom is 0.252 e. The minimum absolute atomic E-state index is 0.163. The van der Waals surface area contributed by atoms with Crippen LogP contribution in [0.15, 0.2) is 48.8 Å². The molecule has 0 aliphatic heterocycles. The fraction of sp³-hybridized carbons (Fsp3) is 0.143. The molecule has 2 aromatic rings. The zero-order valence-electron chi connectivity index (χ0n) is 10.4. The highest BCUT2D eigenvalue weighted by molar-refractivity contribution is 5.93. The summed E-state index contributed by atoms with van der Waals surface area (Å²) in [5.41, 5.74) is 6.81. The second kappa shape index (κ2) is 6.39. The van der Waals surface area contributed by atoms with Gasteiger partial charge in [0.2, 0.25) is 0 Å². The van der Waals surface area contributed by atoms with E-state index < -0.39 is 0 Å². The van der Waals surface area contributed by atoms with Crippen molar-refractivity contribution in [3.63, 3.8) is 0 Å². The molecule has 1 heterocycles. The van der Waals surface area contributed by atoms with Gasteiger partial charge in [0.25, 0.3) is 5.91 Å². The Morgan fingerprint density at radius 2 is 2.21 bits per heavy atom. The van der Waals surface area contributed by atoms with Crippen LogP contribution < -0.4 is 15.8 Å². The minimum Gasteiger partial charge on any atom is -0.492 e. The van der Waals surface area contributed by atoms with Crippen LogP contribution in [0, 0.1) is 0 Å². The normalized spacial score (nSPS) is 9.89. The summed E-state index contributed by atoms with van der Waals surface area (Å²) in [4.78, 5) is 15.6. The predicted octanol–water partition coefficient (Wildman–Crippen LogP) is 1.47. The van der Waals surface area contributed by atoms with Crippen LogP contribution in [0.2, 0.25) is 0 Å². The number of nitrogens with zero attached hydrogens (tertiary/aromatic N) is 1. The summed E-state index contributed by atoms with van der Waals surface area (Å²) in [5.74, 6) is 0.528. The number of amides is 1. The van der Waals surface area contributed by atoms with Crippen molar-refractivity contribution in [2.75, 3.05) is 18.9 Å². The second-order valence-electron chi connectivity index (χ2n) is 3.92. The maximum atomic E-state index is 11.7. The molecule has 5 nitrogen and oxygen atoms in total. The van der Waals surface area contributed by atoms with Gasteiger partial charge in [-0.1, -0.05) is 6.07 Å². The largest absolute Gasteiger partial charge is 0.492 e. The molecule has 0 aliphatic rings. The first-order chi connectivity index (χ1) is 9.25. The van der Waals surface area contributed by atoms with Crippen LogP contribution in [0.25, 0.3) is 0 Å². The number of anilines is 1. The molecule has 0 fully saturated rings. The van der Waals surface area contributed by atoms with Crippen molar-refractivity contribution < 1.29 is 9.53 Å². The summed E-state index contributed by atoms with van der Waals surface area (Å²) in [6.07, 6.45) is 3.15. The van der Waals surface area contributed by atoms with Gasteiger partial charge in [-0.2, -0.15) is 0 Å². The SMILES string of the molecule is Nc1cccc(OCCNC(=O)c2cccnc2)c1. The van der Waals surface area contributed by atoms with Crippen LogP contribution in [0.4, 0.5) is 5.69 Å². The molecule has 1 amide bonds. The second-order valence-corrected chi connectivity index (χ2v) is 3.92. The van der Waals surface area contributed by atoms with E-state index in [1.807, 2.05) is 12.1 Å². The standard InChI is InChI=1S/C14H15N3O2/c15-12-4-1-5-13(9-12)19-8-7-17-14(18)11-3-2-6-16-10-11/h1-6,9-10H,7-8,15H2,(H,17,18). The molecular formula is C14H15N3O2. The van der Waals surface area contributed by atoms with Crippen molar-refractivity contribution in [2.24, 2.45) is 0 Å². The Labute approximate surface area is 111 Å². The number of ether oxygens (including phenoxy) is 1. The van der Waals surface area contributed by atoms with Crippen molar-refractivity contribution in [1.82, 2.24) is 10.3 Å². The lowest BCUT2D eigenvalue weighted by molar-refractivity contribution is 0.0946. The van der Waals surface area contributed by atoms with Gasteiger partial charge in [-0.15, -0.1) is 0 Å². The Morgan fingerprint density at radius 3 is 2.95 bits per heavy atom. The van der Waals surface area contributed by atoms with Crippen molar-refractivity contribution >= 4 is 11.6 Å². The monoisotopic (exact) mass is 257 g/mol. The number of carbonyl (C=O) groups excluding carboxylic acids is 1. The van der Waals surface area contributed by atoms with Gasteiger partial charge in [0.05, 0.1) is 12.1 Å². The van der Waals surface area contributed by atoms with Crippen LogP contribution in [-0.2, 0) is 0 Å². The lowest BCUT2D eigenvalue weighted by Crippen LogP contribution is -2.28. The molecule has 0 spiro atoms. The molecule has 19 heavy (non-hydrogen) atoms. The molecule has 98 valence electrons. The van der Waals surface area contributed by atoms with Gasteiger partial charge in [-0.3, -0.25) is 9.78 Å². The molecular weight excluding hydrogens is 242 g/mol. The summed E-state index contributed by atoms with van der Waals surface area (Å²) in [6, 6.07) is 10.6. The number of benzene rings is 1. The van der Waals surface area contributed by atoms with Gasteiger partial charge in [0, 0.05) is 24.1 Å². The Hall–Kier alpha value is -2.56. The molecule has 0 saturated heterocycles. The number of carbonyl (C=O) groups is 1. The summed E-state index contributed by atoms with van der Waals surface area (Å²) >= 11 is 0. The van der Waals surface area contributed by atoms with Gasteiger partial charge in [0.1, 0.15) is 12.4 Å². The number of nitrogens with one attached hydrogen (secondary N) is 1. The summed E-state index contributed by atoms with van der Waals surface area (Å²) < 4.78 is 5.46. The van der Waals surface area contributed by atoms with Gasteiger partial charge in [0.15, 0.2) is 0 Å². The Balaban J connectivity index is 1.74. The molecule has 1 aromatic carbocycles. The van der Waals surface area contributed by atoms with Crippen LogP contribution in [0.1, 0.15) is 10.4 Å². The van der Waals surface area contributed by atoms with Gasteiger partial charge >= 0.3 is 0 Å². The zero-order chi connectivity index (χ0) is 13.5. The minimum atomic E-state index is -0.163. The van der Waals surface area contributed by atoms with Crippen molar-refractivity contribution in [2.45, 2.75) is 0 Å². The third-order valence-corrected chi connectivity index (χ3v) is 2.44. The van der Waals surface area contributed by atoms with Crippen LogP contribution >= 0.6 is 0 Å². The van der Waals surface area contributed by atoms with Crippen LogP contribution in [-0.4, -0.2) is 24.0 Å². The maximum absolute atomic E-state index is 11.7. The Bertz CT molecular complexity index is 543. The lowest BCUT2D eigenvalue weighted by atomic mass is 10.3. The van der Waals surface area contributed by atoms with Crippen molar-refractivity contribution in [3.8, 4) is 5.75 Å². The van der Waals surface area contributed by atoms with Gasteiger partial charge < -0.3 is 15.8 Å². The number of aromatic nitrogens is 1. The fourth-order valence-electron chi connectivity index (χ4n) is 1.54. The topological polar surface area (TPSA) is 77.2 Å². The first kappa shape index (κ1) is 12.9.